The van der Waals surface area contributed by atoms with E-state index in [9.17, 15) is 0 Å². The summed E-state index contributed by atoms with van der Waals surface area (Å²) in [4.78, 5) is 12.6. The number of aromatic nitrogens is 4. The lowest BCUT2D eigenvalue weighted by Gasteiger charge is -2.09. The molecule has 84 valence electrons. The van der Waals surface area contributed by atoms with Crippen LogP contribution in [0.15, 0.2) is 24.8 Å². The fraction of sp³-hybridized carbons (Fsp3) is 0.364. The van der Waals surface area contributed by atoms with Gasteiger partial charge in [0.05, 0.1) is 24.6 Å². The van der Waals surface area contributed by atoms with Crippen LogP contribution in [-0.4, -0.2) is 19.5 Å². The number of hydrogen-bond donors (Lipinski definition) is 1. The van der Waals surface area contributed by atoms with Crippen LogP contribution >= 0.6 is 0 Å². The fourth-order valence-corrected chi connectivity index (χ4v) is 1.58. The van der Waals surface area contributed by atoms with E-state index < -0.39 is 0 Å². The van der Waals surface area contributed by atoms with Crippen molar-refractivity contribution in [3.8, 4) is 0 Å². The lowest BCUT2D eigenvalue weighted by atomic mass is 10.2. The van der Waals surface area contributed by atoms with Crippen LogP contribution in [0.3, 0.4) is 0 Å². The van der Waals surface area contributed by atoms with E-state index in [4.69, 9.17) is 5.73 Å². The van der Waals surface area contributed by atoms with Gasteiger partial charge in [0.2, 0.25) is 0 Å². The minimum atomic E-state index is 0.400. The van der Waals surface area contributed by atoms with Gasteiger partial charge < -0.3 is 10.3 Å². The highest BCUT2D eigenvalue weighted by Gasteiger charge is 2.07. The number of rotatable bonds is 3. The minimum absolute atomic E-state index is 0.400. The van der Waals surface area contributed by atoms with E-state index in [1.807, 2.05) is 6.20 Å². The molecule has 2 rings (SSSR count). The molecule has 0 amide bonds. The van der Waals surface area contributed by atoms with Gasteiger partial charge in [0, 0.05) is 18.3 Å². The van der Waals surface area contributed by atoms with Crippen LogP contribution in [0.1, 0.15) is 31.3 Å². The number of hydrogen-bond acceptors (Lipinski definition) is 4. The molecule has 0 spiro atoms. The zero-order valence-electron chi connectivity index (χ0n) is 9.46. The molecule has 2 heterocycles. The fourth-order valence-electron chi connectivity index (χ4n) is 1.58. The molecular weight excluding hydrogens is 202 g/mol. The molecule has 0 fully saturated rings. The van der Waals surface area contributed by atoms with Crippen LogP contribution < -0.4 is 5.73 Å². The van der Waals surface area contributed by atoms with Crippen molar-refractivity contribution in [1.29, 1.82) is 0 Å². The Morgan fingerprint density at radius 2 is 2.06 bits per heavy atom. The highest BCUT2D eigenvalue weighted by molar-refractivity contribution is 5.23. The first-order valence-corrected chi connectivity index (χ1v) is 5.24. The molecule has 0 atom stereocenters. The molecule has 2 aromatic heterocycles. The normalized spacial score (nSPS) is 10.9. The Kier molecular flexibility index (Phi) is 2.85. The van der Waals surface area contributed by atoms with Crippen LogP contribution in [-0.2, 0) is 6.54 Å². The smallest absolute Gasteiger partial charge is 0.141 e. The maximum absolute atomic E-state index is 5.49. The molecule has 0 unspecified atom stereocenters. The molecule has 0 aliphatic carbocycles. The van der Waals surface area contributed by atoms with E-state index >= 15 is 0 Å². The molecular formula is C11H15N5. The SMILES string of the molecule is CC(C)c1nccn1Cc1cnc(N)cn1. The summed E-state index contributed by atoms with van der Waals surface area (Å²) in [6, 6.07) is 0. The Morgan fingerprint density at radius 1 is 1.25 bits per heavy atom. The maximum atomic E-state index is 5.49. The summed E-state index contributed by atoms with van der Waals surface area (Å²) in [6.45, 7) is 4.92. The van der Waals surface area contributed by atoms with E-state index in [2.05, 4.69) is 33.4 Å². The van der Waals surface area contributed by atoms with Gasteiger partial charge in [-0.05, 0) is 0 Å². The average molecular weight is 217 g/mol. The van der Waals surface area contributed by atoms with Crippen LogP contribution in [0.4, 0.5) is 5.82 Å². The summed E-state index contributed by atoms with van der Waals surface area (Å²) >= 11 is 0. The summed E-state index contributed by atoms with van der Waals surface area (Å²) in [5.41, 5.74) is 6.37. The highest BCUT2D eigenvalue weighted by atomic mass is 15.1. The number of nitrogen functional groups attached to an aromatic ring is 1. The Labute approximate surface area is 94.4 Å². The van der Waals surface area contributed by atoms with Gasteiger partial charge in [-0.3, -0.25) is 4.98 Å². The molecule has 16 heavy (non-hydrogen) atoms. The van der Waals surface area contributed by atoms with Gasteiger partial charge >= 0.3 is 0 Å². The zero-order valence-corrected chi connectivity index (χ0v) is 9.46. The first kappa shape index (κ1) is 10.6. The van der Waals surface area contributed by atoms with Gasteiger partial charge in [-0.1, -0.05) is 13.8 Å². The van der Waals surface area contributed by atoms with Crippen molar-refractivity contribution in [3.63, 3.8) is 0 Å². The lowest BCUT2D eigenvalue weighted by molar-refractivity contribution is 0.659. The lowest BCUT2D eigenvalue weighted by Crippen LogP contribution is -2.07. The third-order valence-corrected chi connectivity index (χ3v) is 2.32. The summed E-state index contributed by atoms with van der Waals surface area (Å²) in [5, 5.41) is 0. The third kappa shape index (κ3) is 2.18. The summed E-state index contributed by atoms with van der Waals surface area (Å²) < 4.78 is 2.07. The van der Waals surface area contributed by atoms with Gasteiger partial charge in [-0.2, -0.15) is 0 Å². The molecule has 0 aliphatic rings. The standard InChI is InChI=1S/C11H15N5/c1-8(2)11-13-3-4-16(11)7-9-5-15-10(12)6-14-9/h3-6,8H,7H2,1-2H3,(H2,12,15). The quantitative estimate of drug-likeness (QED) is 0.844. The van der Waals surface area contributed by atoms with Crippen molar-refractivity contribution in [2.24, 2.45) is 0 Å². The van der Waals surface area contributed by atoms with Gasteiger partial charge in [0.15, 0.2) is 0 Å². The molecule has 2 aromatic rings. The molecule has 0 radical (unpaired) electrons. The highest BCUT2D eigenvalue weighted by Crippen LogP contribution is 2.12. The Hall–Kier alpha value is -1.91. The Bertz CT molecular complexity index is 457. The molecule has 0 saturated carbocycles. The Balaban J connectivity index is 2.20. The van der Waals surface area contributed by atoms with Crippen molar-refractivity contribution >= 4 is 5.82 Å². The monoisotopic (exact) mass is 217 g/mol. The number of nitrogens with zero attached hydrogens (tertiary/aromatic N) is 4. The number of nitrogens with two attached hydrogens (primary N) is 1. The van der Waals surface area contributed by atoms with E-state index in [1.54, 1.807) is 18.6 Å². The first-order valence-electron chi connectivity index (χ1n) is 5.24. The van der Waals surface area contributed by atoms with E-state index in [0.717, 1.165) is 11.5 Å². The molecule has 0 aromatic carbocycles. The van der Waals surface area contributed by atoms with Crippen molar-refractivity contribution < 1.29 is 0 Å². The van der Waals surface area contributed by atoms with Crippen molar-refractivity contribution in [2.45, 2.75) is 26.3 Å². The molecule has 2 N–H and O–H groups in total. The third-order valence-electron chi connectivity index (χ3n) is 2.32. The number of anilines is 1. The summed E-state index contributed by atoms with van der Waals surface area (Å²) in [5.74, 6) is 1.90. The average Bonchev–Trinajstić information content (AvgIpc) is 2.69. The van der Waals surface area contributed by atoms with E-state index in [0.29, 0.717) is 18.3 Å². The molecule has 5 nitrogen and oxygen atoms in total. The summed E-state index contributed by atoms with van der Waals surface area (Å²) in [7, 11) is 0. The van der Waals surface area contributed by atoms with Crippen molar-refractivity contribution in [3.05, 3.63) is 36.3 Å². The largest absolute Gasteiger partial charge is 0.382 e. The second-order valence-corrected chi connectivity index (χ2v) is 4.00. The first-order chi connectivity index (χ1) is 7.66. The predicted octanol–water partition coefficient (Wildman–Crippen LogP) is 1.43. The maximum Gasteiger partial charge on any atom is 0.141 e. The minimum Gasteiger partial charge on any atom is -0.382 e. The van der Waals surface area contributed by atoms with E-state index in [1.165, 1.54) is 0 Å². The second-order valence-electron chi connectivity index (χ2n) is 4.00. The van der Waals surface area contributed by atoms with Crippen LogP contribution in [0.5, 0.6) is 0 Å². The second kappa shape index (κ2) is 4.30. The van der Waals surface area contributed by atoms with Gasteiger partial charge in [-0.25, -0.2) is 9.97 Å². The van der Waals surface area contributed by atoms with E-state index in [-0.39, 0.29) is 0 Å². The van der Waals surface area contributed by atoms with Crippen LogP contribution in [0.2, 0.25) is 0 Å². The van der Waals surface area contributed by atoms with Crippen molar-refractivity contribution in [2.75, 3.05) is 5.73 Å². The van der Waals surface area contributed by atoms with Crippen molar-refractivity contribution in [1.82, 2.24) is 19.5 Å². The Morgan fingerprint density at radius 3 is 2.69 bits per heavy atom. The predicted molar refractivity (Wildman–Crippen MR) is 61.9 cm³/mol. The number of imidazole rings is 1. The topological polar surface area (TPSA) is 69.6 Å². The summed E-state index contributed by atoms with van der Waals surface area (Å²) in [6.07, 6.45) is 7.02. The molecule has 5 heteroatoms. The molecule has 0 bridgehead atoms. The van der Waals surface area contributed by atoms with Gasteiger partial charge in [0.1, 0.15) is 11.6 Å². The molecule has 0 saturated heterocycles. The van der Waals surface area contributed by atoms with Crippen LogP contribution in [0.25, 0.3) is 0 Å². The molecule has 0 aliphatic heterocycles. The van der Waals surface area contributed by atoms with Gasteiger partial charge in [-0.15, -0.1) is 0 Å². The van der Waals surface area contributed by atoms with Crippen LogP contribution in [0, 0.1) is 0 Å². The zero-order chi connectivity index (χ0) is 11.5. The van der Waals surface area contributed by atoms with Gasteiger partial charge in [0.25, 0.3) is 0 Å².